The van der Waals surface area contributed by atoms with Gasteiger partial charge in [0.25, 0.3) is 0 Å². The second-order valence-corrected chi connectivity index (χ2v) is 8.87. The lowest BCUT2D eigenvalue weighted by Gasteiger charge is -2.45. The van der Waals surface area contributed by atoms with Gasteiger partial charge in [-0.25, -0.2) is 4.98 Å². The summed E-state index contributed by atoms with van der Waals surface area (Å²) in [7, 11) is 1.39. The number of ether oxygens (including phenoxy) is 2. The third kappa shape index (κ3) is 2.71. The number of aliphatic hydroxyl groups excluding tert-OH is 1. The number of benzene rings is 1. The van der Waals surface area contributed by atoms with Crippen LogP contribution in [0.2, 0.25) is 0 Å². The lowest BCUT2D eigenvalue weighted by molar-refractivity contribution is -0.163. The molecule has 6 atom stereocenters. The van der Waals surface area contributed by atoms with Gasteiger partial charge < -0.3 is 25.4 Å². The molecule has 0 spiro atoms. The predicted octanol–water partition coefficient (Wildman–Crippen LogP) is 2.04. The summed E-state index contributed by atoms with van der Waals surface area (Å²) in [5.41, 5.74) is 4.52. The zero-order valence-electron chi connectivity index (χ0n) is 18.5. The second-order valence-electron chi connectivity index (χ2n) is 8.87. The van der Waals surface area contributed by atoms with Crippen molar-refractivity contribution in [3.8, 4) is 23.8 Å². The molecule has 172 valence electrons. The number of allylic oxidation sites excluding steroid dienone is 3. The zero-order valence-corrected chi connectivity index (χ0v) is 18.5. The highest BCUT2D eigenvalue weighted by Crippen LogP contribution is 2.68. The van der Waals surface area contributed by atoms with E-state index < -0.39 is 35.1 Å². The summed E-state index contributed by atoms with van der Waals surface area (Å²) in [6.45, 7) is 0.102. The van der Waals surface area contributed by atoms with E-state index in [9.17, 15) is 20.7 Å². The van der Waals surface area contributed by atoms with Crippen LogP contribution in [0.4, 0.5) is 0 Å². The topological polar surface area (TPSA) is 145 Å². The Morgan fingerprint density at radius 2 is 2.03 bits per heavy atom. The number of fused-ring (bicyclic) bond motifs is 3. The molecule has 0 radical (unpaired) electrons. The zero-order chi connectivity index (χ0) is 24.1. The maximum atomic E-state index is 12.5. The van der Waals surface area contributed by atoms with Gasteiger partial charge in [-0.1, -0.05) is 42.5 Å². The highest BCUT2D eigenvalue weighted by atomic mass is 16.5. The van der Waals surface area contributed by atoms with Crippen molar-refractivity contribution in [2.45, 2.75) is 29.6 Å². The molecule has 0 bridgehead atoms. The lowest BCUT2D eigenvalue weighted by atomic mass is 9.65. The Balaban J connectivity index is 1.81. The molecule has 2 aliphatic carbocycles. The van der Waals surface area contributed by atoms with Crippen molar-refractivity contribution in [2.24, 2.45) is 17.6 Å². The minimum atomic E-state index is -1.94. The van der Waals surface area contributed by atoms with Crippen molar-refractivity contribution in [1.82, 2.24) is 4.98 Å². The molecule has 1 fully saturated rings. The Bertz CT molecular complexity index is 1280. The van der Waals surface area contributed by atoms with Crippen LogP contribution in [-0.4, -0.2) is 40.6 Å². The standard InChI is InChI=1S/C26H24N4O4/c1-33-24-22-20(11-18(13-28)30-24)34-26(17-9-7-15(12-27)8-10-17)21(16-5-3-2-4-6-16)19(14-29)23(31)25(22,26)32/h2-9,11,17,19,21,23,31-32H,10,14,29H2,1H3/t17?,19-,21-,23-,25+,26+/m1/s1. The summed E-state index contributed by atoms with van der Waals surface area (Å²) < 4.78 is 12.2. The number of methoxy groups -OCH3 is 1. The predicted molar refractivity (Wildman–Crippen MR) is 121 cm³/mol. The van der Waals surface area contributed by atoms with E-state index in [1.54, 1.807) is 12.2 Å². The molecule has 5 rings (SSSR count). The molecule has 1 aromatic heterocycles. The summed E-state index contributed by atoms with van der Waals surface area (Å²) in [5, 5.41) is 43.0. The number of hydrogen-bond donors (Lipinski definition) is 3. The maximum absolute atomic E-state index is 12.5. The van der Waals surface area contributed by atoms with Gasteiger partial charge in [0.05, 0.1) is 24.8 Å². The first-order valence-electron chi connectivity index (χ1n) is 11.1. The monoisotopic (exact) mass is 456 g/mol. The van der Waals surface area contributed by atoms with E-state index in [0.717, 1.165) is 5.56 Å². The third-order valence-electron chi connectivity index (χ3n) is 7.45. The lowest BCUT2D eigenvalue weighted by Crippen LogP contribution is -2.58. The third-order valence-corrected chi connectivity index (χ3v) is 7.45. The van der Waals surface area contributed by atoms with Gasteiger partial charge in [-0.05, 0) is 24.6 Å². The average molecular weight is 457 g/mol. The molecule has 1 saturated carbocycles. The molecule has 4 N–H and O–H groups in total. The quantitative estimate of drug-likeness (QED) is 0.634. The normalized spacial score (nSPS) is 33.2. The van der Waals surface area contributed by atoms with Crippen LogP contribution in [0.1, 0.15) is 29.2 Å². The number of aromatic nitrogens is 1. The Kier molecular flexibility index (Phi) is 5.18. The molecule has 2 aromatic rings. The molecular formula is C26H24N4O4. The van der Waals surface area contributed by atoms with E-state index in [1.807, 2.05) is 42.5 Å². The summed E-state index contributed by atoms with van der Waals surface area (Å²) in [6.07, 6.45) is 4.46. The number of nitriles is 2. The van der Waals surface area contributed by atoms with Gasteiger partial charge in [0.15, 0.2) is 11.2 Å². The number of pyridine rings is 1. The second kappa shape index (κ2) is 7.96. The van der Waals surface area contributed by atoms with Gasteiger partial charge in [0, 0.05) is 29.4 Å². The van der Waals surface area contributed by atoms with Gasteiger partial charge in [-0.3, -0.25) is 0 Å². The molecule has 1 aliphatic heterocycles. The molecule has 1 unspecified atom stereocenters. The number of nitrogens with two attached hydrogens (primary N) is 1. The Morgan fingerprint density at radius 1 is 1.26 bits per heavy atom. The van der Waals surface area contributed by atoms with Crippen LogP contribution >= 0.6 is 0 Å². The largest absolute Gasteiger partial charge is 0.482 e. The van der Waals surface area contributed by atoms with E-state index in [2.05, 4.69) is 11.1 Å². The first-order valence-corrected chi connectivity index (χ1v) is 11.1. The van der Waals surface area contributed by atoms with Crippen molar-refractivity contribution in [3.05, 3.63) is 77.0 Å². The van der Waals surface area contributed by atoms with Crippen LogP contribution in [0.15, 0.2) is 60.2 Å². The fourth-order valence-electron chi connectivity index (χ4n) is 6.11. The molecule has 34 heavy (non-hydrogen) atoms. The van der Waals surface area contributed by atoms with E-state index in [4.69, 9.17) is 15.2 Å². The van der Waals surface area contributed by atoms with Gasteiger partial charge in [0.1, 0.15) is 17.5 Å². The molecule has 0 saturated heterocycles. The van der Waals surface area contributed by atoms with Crippen LogP contribution in [0, 0.1) is 34.5 Å². The number of aliphatic hydroxyl groups is 2. The summed E-state index contributed by atoms with van der Waals surface area (Å²) >= 11 is 0. The minimum Gasteiger partial charge on any atom is -0.482 e. The summed E-state index contributed by atoms with van der Waals surface area (Å²) in [6, 6.07) is 15.1. The molecule has 1 aromatic carbocycles. The summed E-state index contributed by atoms with van der Waals surface area (Å²) in [4.78, 5) is 4.23. The number of rotatable bonds is 4. The van der Waals surface area contributed by atoms with E-state index >= 15 is 0 Å². The molecule has 8 nitrogen and oxygen atoms in total. The van der Waals surface area contributed by atoms with Crippen LogP contribution in [0.3, 0.4) is 0 Å². The number of nitrogens with zero attached hydrogens (tertiary/aromatic N) is 3. The van der Waals surface area contributed by atoms with Crippen molar-refractivity contribution < 1.29 is 19.7 Å². The minimum absolute atomic E-state index is 0.0232. The average Bonchev–Trinajstić information content (AvgIpc) is 3.26. The molecule has 3 aliphatic rings. The molecular weight excluding hydrogens is 432 g/mol. The van der Waals surface area contributed by atoms with Crippen molar-refractivity contribution in [2.75, 3.05) is 13.7 Å². The van der Waals surface area contributed by atoms with E-state index in [-0.39, 0.29) is 29.4 Å². The highest BCUT2D eigenvalue weighted by Gasteiger charge is 2.77. The first-order chi connectivity index (χ1) is 16.5. The Hall–Kier alpha value is -3.69. The molecule has 8 heteroatoms. The maximum Gasteiger partial charge on any atom is 0.224 e. The van der Waals surface area contributed by atoms with Gasteiger partial charge in [0.2, 0.25) is 5.88 Å². The van der Waals surface area contributed by atoms with Crippen LogP contribution < -0.4 is 15.2 Å². The smallest absolute Gasteiger partial charge is 0.224 e. The highest BCUT2D eigenvalue weighted by molar-refractivity contribution is 5.59. The van der Waals surface area contributed by atoms with Gasteiger partial charge >= 0.3 is 0 Å². The van der Waals surface area contributed by atoms with Crippen LogP contribution in [-0.2, 0) is 5.60 Å². The Morgan fingerprint density at radius 3 is 2.62 bits per heavy atom. The van der Waals surface area contributed by atoms with Crippen LogP contribution in [0.25, 0.3) is 0 Å². The molecule has 2 heterocycles. The van der Waals surface area contributed by atoms with Crippen molar-refractivity contribution in [1.29, 1.82) is 10.5 Å². The number of hydrogen-bond acceptors (Lipinski definition) is 8. The van der Waals surface area contributed by atoms with E-state index in [0.29, 0.717) is 12.0 Å². The van der Waals surface area contributed by atoms with Crippen molar-refractivity contribution in [3.63, 3.8) is 0 Å². The fraction of sp³-hybridized carbons (Fsp3) is 0.346. The van der Waals surface area contributed by atoms with Gasteiger partial charge in [-0.2, -0.15) is 10.5 Å². The molecule has 0 amide bonds. The van der Waals surface area contributed by atoms with Crippen LogP contribution in [0.5, 0.6) is 11.6 Å². The van der Waals surface area contributed by atoms with Crippen molar-refractivity contribution >= 4 is 0 Å². The van der Waals surface area contributed by atoms with Gasteiger partial charge in [-0.15, -0.1) is 0 Å². The van der Waals surface area contributed by atoms with E-state index in [1.165, 1.54) is 13.2 Å². The Labute approximate surface area is 197 Å². The fourth-order valence-corrected chi connectivity index (χ4v) is 6.11. The SMILES string of the molecule is COc1nc(C#N)cc2c1[C@]1(O)[C@H](O)[C@H](CN)[C@@H](c3ccccc3)[C@]1(C1C=CC(C#N)=CC1)O2. The summed E-state index contributed by atoms with van der Waals surface area (Å²) in [5.74, 6) is -1.21. The first kappa shape index (κ1) is 22.1.